The monoisotopic (exact) mass is 470 g/mol. The standard InChI is InChI=1S/C22H22N4O4S2/c23-19(28)18-14-8-4-5-9-16(14)32-20(18)26-17(27)11-30-21(29)15-12-31-22(25-15)24-10-13-6-2-1-3-7-13/h1-3,6-7,12H,4-5,8-11H2,(H2,23,28)(H,24,25)(H,26,27). The van der Waals surface area contributed by atoms with E-state index >= 15 is 0 Å². The number of carbonyl (C=O) groups is 3. The molecule has 0 saturated heterocycles. The quantitative estimate of drug-likeness (QED) is 0.432. The Labute approximate surface area is 192 Å². The van der Waals surface area contributed by atoms with E-state index in [4.69, 9.17) is 10.5 Å². The average Bonchev–Trinajstić information content (AvgIpc) is 3.41. The van der Waals surface area contributed by atoms with Crippen LogP contribution in [0.15, 0.2) is 35.7 Å². The minimum Gasteiger partial charge on any atom is -0.451 e. The third kappa shape index (κ3) is 5.14. The number of thiophene rings is 1. The van der Waals surface area contributed by atoms with Crippen molar-refractivity contribution in [3.8, 4) is 0 Å². The molecule has 0 aliphatic heterocycles. The normalized spacial score (nSPS) is 12.6. The van der Waals surface area contributed by atoms with Crippen LogP contribution in [0, 0.1) is 0 Å². The van der Waals surface area contributed by atoms with Crippen molar-refractivity contribution >= 4 is 50.6 Å². The summed E-state index contributed by atoms with van der Waals surface area (Å²) in [7, 11) is 0. The van der Waals surface area contributed by atoms with Gasteiger partial charge in [-0.3, -0.25) is 9.59 Å². The zero-order chi connectivity index (χ0) is 22.5. The highest BCUT2D eigenvalue weighted by atomic mass is 32.1. The van der Waals surface area contributed by atoms with Gasteiger partial charge in [-0.25, -0.2) is 9.78 Å². The van der Waals surface area contributed by atoms with Gasteiger partial charge in [0, 0.05) is 16.8 Å². The molecule has 4 rings (SSSR count). The van der Waals surface area contributed by atoms with E-state index < -0.39 is 24.4 Å². The number of hydrogen-bond acceptors (Lipinski definition) is 8. The van der Waals surface area contributed by atoms with Gasteiger partial charge in [0.1, 0.15) is 5.00 Å². The fraction of sp³-hybridized carbons (Fsp3) is 0.273. The van der Waals surface area contributed by atoms with E-state index in [0.717, 1.165) is 41.7 Å². The molecule has 1 aromatic carbocycles. The lowest BCUT2D eigenvalue weighted by atomic mass is 9.95. The van der Waals surface area contributed by atoms with Gasteiger partial charge in [0.05, 0.1) is 5.56 Å². The molecule has 0 spiro atoms. The first-order valence-electron chi connectivity index (χ1n) is 10.2. The van der Waals surface area contributed by atoms with Crippen molar-refractivity contribution in [2.75, 3.05) is 17.2 Å². The number of aryl methyl sites for hydroxylation is 1. The molecule has 1 aliphatic carbocycles. The molecule has 2 aromatic heterocycles. The number of rotatable bonds is 8. The molecular formula is C22H22N4O4S2. The number of aromatic nitrogens is 1. The van der Waals surface area contributed by atoms with Gasteiger partial charge < -0.3 is 21.1 Å². The first-order valence-corrected chi connectivity index (χ1v) is 11.9. The van der Waals surface area contributed by atoms with E-state index in [1.54, 1.807) is 5.38 Å². The fourth-order valence-electron chi connectivity index (χ4n) is 3.50. The van der Waals surface area contributed by atoms with Crippen LogP contribution >= 0.6 is 22.7 Å². The topological polar surface area (TPSA) is 123 Å². The number of thiazole rings is 1. The van der Waals surface area contributed by atoms with Gasteiger partial charge in [0.15, 0.2) is 17.4 Å². The van der Waals surface area contributed by atoms with E-state index in [1.807, 2.05) is 30.3 Å². The van der Waals surface area contributed by atoms with Crippen LogP contribution in [0.3, 0.4) is 0 Å². The minimum atomic E-state index is -0.690. The molecule has 2 amide bonds. The molecule has 0 bridgehead atoms. The summed E-state index contributed by atoms with van der Waals surface area (Å²) in [6.45, 7) is 0.0993. The molecule has 0 radical (unpaired) electrons. The second-order valence-corrected chi connectivity index (χ2v) is 9.24. The van der Waals surface area contributed by atoms with Crippen molar-refractivity contribution in [2.45, 2.75) is 32.2 Å². The summed E-state index contributed by atoms with van der Waals surface area (Å²) in [5.41, 5.74) is 8.06. The van der Waals surface area contributed by atoms with Crippen molar-refractivity contribution in [2.24, 2.45) is 5.73 Å². The average molecular weight is 471 g/mol. The maximum absolute atomic E-state index is 12.3. The van der Waals surface area contributed by atoms with E-state index in [2.05, 4.69) is 15.6 Å². The Balaban J connectivity index is 1.31. The van der Waals surface area contributed by atoms with Crippen molar-refractivity contribution in [1.82, 2.24) is 4.98 Å². The van der Waals surface area contributed by atoms with Gasteiger partial charge in [0.25, 0.3) is 11.8 Å². The first-order chi connectivity index (χ1) is 15.5. The molecule has 32 heavy (non-hydrogen) atoms. The van der Waals surface area contributed by atoms with Gasteiger partial charge in [-0.15, -0.1) is 22.7 Å². The predicted molar refractivity (Wildman–Crippen MR) is 124 cm³/mol. The largest absolute Gasteiger partial charge is 0.451 e. The molecular weight excluding hydrogens is 448 g/mol. The highest BCUT2D eigenvalue weighted by Crippen LogP contribution is 2.37. The lowest BCUT2D eigenvalue weighted by Gasteiger charge is -2.11. The number of fused-ring (bicyclic) bond motifs is 1. The van der Waals surface area contributed by atoms with Crippen LogP contribution in [0.2, 0.25) is 0 Å². The summed E-state index contributed by atoms with van der Waals surface area (Å²) < 4.78 is 5.09. The summed E-state index contributed by atoms with van der Waals surface area (Å²) in [4.78, 5) is 41.8. The van der Waals surface area contributed by atoms with Crippen molar-refractivity contribution < 1.29 is 19.1 Å². The van der Waals surface area contributed by atoms with Crippen molar-refractivity contribution in [3.05, 3.63) is 63.0 Å². The van der Waals surface area contributed by atoms with Crippen LogP contribution < -0.4 is 16.4 Å². The van der Waals surface area contributed by atoms with Gasteiger partial charge in [0.2, 0.25) is 0 Å². The van der Waals surface area contributed by atoms with Crippen LogP contribution in [0.5, 0.6) is 0 Å². The third-order valence-corrected chi connectivity index (χ3v) is 7.01. The van der Waals surface area contributed by atoms with Gasteiger partial charge in [-0.1, -0.05) is 30.3 Å². The number of ether oxygens (including phenoxy) is 1. The lowest BCUT2D eigenvalue weighted by Crippen LogP contribution is -2.23. The summed E-state index contributed by atoms with van der Waals surface area (Å²) in [5, 5.41) is 8.41. The number of primary amides is 1. The number of amides is 2. The maximum atomic E-state index is 12.3. The summed E-state index contributed by atoms with van der Waals surface area (Å²) in [6.07, 6.45) is 3.69. The third-order valence-electron chi connectivity index (χ3n) is 5.00. The lowest BCUT2D eigenvalue weighted by molar-refractivity contribution is -0.119. The molecule has 4 N–H and O–H groups in total. The Hall–Kier alpha value is -3.24. The maximum Gasteiger partial charge on any atom is 0.358 e. The number of carbonyl (C=O) groups excluding carboxylic acids is 3. The highest BCUT2D eigenvalue weighted by Gasteiger charge is 2.25. The summed E-state index contributed by atoms with van der Waals surface area (Å²) >= 11 is 2.65. The predicted octanol–water partition coefficient (Wildman–Crippen LogP) is 3.59. The molecule has 2 heterocycles. The van der Waals surface area contributed by atoms with Crippen LogP contribution in [-0.2, 0) is 28.9 Å². The number of benzene rings is 1. The van der Waals surface area contributed by atoms with Gasteiger partial charge in [-0.2, -0.15) is 0 Å². The van der Waals surface area contributed by atoms with Gasteiger partial charge >= 0.3 is 5.97 Å². The number of anilines is 2. The van der Waals surface area contributed by atoms with Crippen molar-refractivity contribution in [1.29, 1.82) is 0 Å². The van der Waals surface area contributed by atoms with Crippen LogP contribution in [0.25, 0.3) is 0 Å². The van der Waals surface area contributed by atoms with Crippen LogP contribution in [0.4, 0.5) is 10.1 Å². The molecule has 3 aromatic rings. The zero-order valence-electron chi connectivity index (χ0n) is 17.2. The Bertz CT molecular complexity index is 1140. The minimum absolute atomic E-state index is 0.128. The number of nitrogens with zero attached hydrogens (tertiary/aromatic N) is 1. The Kier molecular flexibility index (Phi) is 6.81. The van der Waals surface area contributed by atoms with Gasteiger partial charge in [-0.05, 0) is 36.8 Å². The summed E-state index contributed by atoms with van der Waals surface area (Å²) in [6, 6.07) is 9.82. The number of nitrogens with two attached hydrogens (primary N) is 1. The second kappa shape index (κ2) is 9.92. The SMILES string of the molecule is NC(=O)c1c(NC(=O)COC(=O)c2csc(NCc3ccccc3)n2)sc2c1CCCC2. The Morgan fingerprint density at radius 1 is 1.12 bits per heavy atom. The van der Waals surface area contributed by atoms with E-state index in [0.29, 0.717) is 22.2 Å². The molecule has 0 atom stereocenters. The zero-order valence-corrected chi connectivity index (χ0v) is 18.8. The van der Waals surface area contributed by atoms with Crippen molar-refractivity contribution in [3.63, 3.8) is 0 Å². The van der Waals surface area contributed by atoms with Crippen LogP contribution in [0.1, 0.15) is 49.7 Å². The smallest absolute Gasteiger partial charge is 0.358 e. The molecule has 1 aliphatic rings. The highest BCUT2D eigenvalue weighted by molar-refractivity contribution is 7.17. The molecule has 0 saturated carbocycles. The summed E-state index contributed by atoms with van der Waals surface area (Å²) in [5.74, 6) is -1.78. The number of nitrogens with one attached hydrogen (secondary N) is 2. The second-order valence-electron chi connectivity index (χ2n) is 7.28. The van der Waals surface area contributed by atoms with E-state index in [9.17, 15) is 14.4 Å². The number of hydrogen-bond donors (Lipinski definition) is 3. The van der Waals surface area contributed by atoms with Crippen LogP contribution in [-0.4, -0.2) is 29.4 Å². The molecule has 10 heteroatoms. The molecule has 0 unspecified atom stereocenters. The Morgan fingerprint density at radius 2 is 1.91 bits per heavy atom. The molecule has 8 nitrogen and oxygen atoms in total. The fourth-order valence-corrected chi connectivity index (χ4v) is 5.49. The van der Waals surface area contributed by atoms with E-state index in [1.165, 1.54) is 22.7 Å². The first kappa shape index (κ1) is 22.0. The molecule has 0 fully saturated rings. The Morgan fingerprint density at radius 3 is 2.69 bits per heavy atom. The molecule has 166 valence electrons. The number of esters is 1. The van der Waals surface area contributed by atoms with E-state index in [-0.39, 0.29) is 5.69 Å².